The van der Waals surface area contributed by atoms with Crippen LogP contribution in [0.5, 0.6) is 0 Å². The average molecular weight is 151 g/mol. The molecule has 0 radical (unpaired) electrons. The third kappa shape index (κ3) is 2.11. The van der Waals surface area contributed by atoms with Crippen molar-refractivity contribution in [3.05, 3.63) is 25.1 Å². The molecule has 1 rings (SSSR count). The lowest BCUT2D eigenvalue weighted by Gasteiger charge is -2.22. The number of hydrogen-bond acceptors (Lipinski definition) is 1. The van der Waals surface area contributed by atoms with E-state index in [4.69, 9.17) is 0 Å². The van der Waals surface area contributed by atoms with Gasteiger partial charge in [0, 0.05) is 6.04 Å². The standard InChI is InChI=1S/C10H17N/c1-3-9-11(4-2)10-7-5-6-8-10/h3-4,9-10H,2,5-8H2,1H3/b9-3-. The Morgan fingerprint density at radius 2 is 2.00 bits per heavy atom. The highest BCUT2D eigenvalue weighted by Gasteiger charge is 2.17. The van der Waals surface area contributed by atoms with Crippen LogP contribution in [0.2, 0.25) is 0 Å². The zero-order valence-corrected chi connectivity index (χ0v) is 7.29. The van der Waals surface area contributed by atoms with E-state index in [0.717, 1.165) is 6.04 Å². The van der Waals surface area contributed by atoms with Crippen LogP contribution in [0.25, 0.3) is 0 Å². The van der Waals surface area contributed by atoms with E-state index in [1.54, 1.807) is 0 Å². The van der Waals surface area contributed by atoms with Crippen LogP contribution in [0.4, 0.5) is 0 Å². The number of rotatable bonds is 3. The van der Waals surface area contributed by atoms with Crippen molar-refractivity contribution in [1.29, 1.82) is 0 Å². The fraction of sp³-hybridized carbons (Fsp3) is 0.600. The fourth-order valence-corrected chi connectivity index (χ4v) is 1.71. The molecule has 1 heteroatoms. The Morgan fingerprint density at radius 1 is 1.36 bits per heavy atom. The molecule has 1 fully saturated rings. The zero-order valence-electron chi connectivity index (χ0n) is 7.29. The van der Waals surface area contributed by atoms with Crippen molar-refractivity contribution >= 4 is 0 Å². The summed E-state index contributed by atoms with van der Waals surface area (Å²) in [6.07, 6.45) is 11.5. The molecule has 0 aliphatic heterocycles. The van der Waals surface area contributed by atoms with Crippen LogP contribution >= 0.6 is 0 Å². The molecule has 1 aliphatic rings. The molecular formula is C10H17N. The predicted octanol–water partition coefficient (Wildman–Crippen LogP) is 2.91. The Balaban J connectivity index is 2.46. The van der Waals surface area contributed by atoms with Crippen LogP contribution in [0, 0.1) is 0 Å². The maximum atomic E-state index is 3.80. The molecule has 0 unspecified atom stereocenters. The monoisotopic (exact) mass is 151 g/mol. The summed E-state index contributed by atoms with van der Waals surface area (Å²) in [5.41, 5.74) is 0. The molecule has 11 heavy (non-hydrogen) atoms. The largest absolute Gasteiger partial charge is 0.352 e. The van der Waals surface area contributed by atoms with E-state index in [2.05, 4.69) is 23.8 Å². The van der Waals surface area contributed by atoms with Gasteiger partial charge in [0.25, 0.3) is 0 Å². The van der Waals surface area contributed by atoms with Crippen molar-refractivity contribution in [2.45, 2.75) is 38.6 Å². The van der Waals surface area contributed by atoms with E-state index in [0.29, 0.717) is 0 Å². The summed E-state index contributed by atoms with van der Waals surface area (Å²) in [5.74, 6) is 0. The second-order valence-corrected chi connectivity index (χ2v) is 3.05. The van der Waals surface area contributed by atoms with Gasteiger partial charge in [-0.15, -0.1) is 0 Å². The predicted molar refractivity (Wildman–Crippen MR) is 49.1 cm³/mol. The second-order valence-electron chi connectivity index (χ2n) is 3.05. The molecule has 1 nitrogen and oxygen atoms in total. The van der Waals surface area contributed by atoms with E-state index in [1.807, 2.05) is 13.1 Å². The molecule has 1 aliphatic carbocycles. The van der Waals surface area contributed by atoms with Gasteiger partial charge in [0.05, 0.1) is 0 Å². The first kappa shape index (κ1) is 8.38. The van der Waals surface area contributed by atoms with Crippen LogP contribution < -0.4 is 0 Å². The van der Waals surface area contributed by atoms with Gasteiger partial charge in [0.15, 0.2) is 0 Å². The minimum absolute atomic E-state index is 0.726. The summed E-state index contributed by atoms with van der Waals surface area (Å²) < 4.78 is 0. The minimum Gasteiger partial charge on any atom is -0.352 e. The van der Waals surface area contributed by atoms with E-state index in [-0.39, 0.29) is 0 Å². The minimum atomic E-state index is 0.726. The van der Waals surface area contributed by atoms with Gasteiger partial charge in [-0.05, 0) is 32.2 Å². The summed E-state index contributed by atoms with van der Waals surface area (Å²) in [6.45, 7) is 5.85. The van der Waals surface area contributed by atoms with Crippen LogP contribution in [-0.4, -0.2) is 10.9 Å². The Labute approximate surface area is 69.4 Å². The lowest BCUT2D eigenvalue weighted by molar-refractivity contribution is 0.371. The lowest BCUT2D eigenvalue weighted by Crippen LogP contribution is -2.21. The first-order valence-electron chi connectivity index (χ1n) is 4.41. The highest BCUT2D eigenvalue weighted by molar-refractivity contribution is 4.92. The van der Waals surface area contributed by atoms with Crippen molar-refractivity contribution in [2.24, 2.45) is 0 Å². The third-order valence-corrected chi connectivity index (χ3v) is 2.28. The topological polar surface area (TPSA) is 3.24 Å². The third-order valence-electron chi connectivity index (χ3n) is 2.28. The van der Waals surface area contributed by atoms with Gasteiger partial charge in [-0.25, -0.2) is 0 Å². The number of allylic oxidation sites excluding steroid dienone is 1. The van der Waals surface area contributed by atoms with E-state index >= 15 is 0 Å². The quantitative estimate of drug-likeness (QED) is 0.599. The SMILES string of the molecule is C=CN(/C=C\C)C1CCCC1. The van der Waals surface area contributed by atoms with Crippen LogP contribution in [0.1, 0.15) is 32.6 Å². The van der Waals surface area contributed by atoms with Gasteiger partial charge < -0.3 is 4.90 Å². The maximum Gasteiger partial charge on any atom is 0.0330 e. The average Bonchev–Trinajstić information content (AvgIpc) is 2.52. The molecule has 0 aromatic carbocycles. The van der Waals surface area contributed by atoms with Gasteiger partial charge in [0.2, 0.25) is 0 Å². The molecule has 0 N–H and O–H groups in total. The maximum absolute atomic E-state index is 3.80. The van der Waals surface area contributed by atoms with Crippen LogP contribution in [0.3, 0.4) is 0 Å². The van der Waals surface area contributed by atoms with Crippen molar-refractivity contribution in [2.75, 3.05) is 0 Å². The molecule has 0 spiro atoms. The summed E-state index contributed by atoms with van der Waals surface area (Å²) in [6, 6.07) is 0.726. The summed E-state index contributed by atoms with van der Waals surface area (Å²) in [4.78, 5) is 2.23. The number of nitrogens with zero attached hydrogens (tertiary/aromatic N) is 1. The Morgan fingerprint density at radius 3 is 2.45 bits per heavy atom. The molecule has 62 valence electrons. The first-order chi connectivity index (χ1) is 5.38. The molecular weight excluding hydrogens is 134 g/mol. The van der Waals surface area contributed by atoms with E-state index in [9.17, 15) is 0 Å². The Bertz CT molecular complexity index is 143. The molecule has 0 aromatic rings. The molecule has 0 bridgehead atoms. The highest BCUT2D eigenvalue weighted by atomic mass is 15.1. The molecule has 0 amide bonds. The summed E-state index contributed by atoms with van der Waals surface area (Å²) >= 11 is 0. The molecule has 0 atom stereocenters. The van der Waals surface area contributed by atoms with Crippen molar-refractivity contribution in [3.8, 4) is 0 Å². The smallest absolute Gasteiger partial charge is 0.0330 e. The normalized spacial score (nSPS) is 19.4. The van der Waals surface area contributed by atoms with Gasteiger partial charge in [-0.2, -0.15) is 0 Å². The Kier molecular flexibility index (Phi) is 3.21. The van der Waals surface area contributed by atoms with Crippen LogP contribution in [-0.2, 0) is 0 Å². The zero-order chi connectivity index (χ0) is 8.10. The van der Waals surface area contributed by atoms with Gasteiger partial charge >= 0.3 is 0 Å². The second kappa shape index (κ2) is 4.22. The molecule has 0 saturated heterocycles. The Hall–Kier alpha value is -0.720. The lowest BCUT2D eigenvalue weighted by atomic mass is 10.2. The molecule has 0 heterocycles. The van der Waals surface area contributed by atoms with E-state index in [1.165, 1.54) is 25.7 Å². The summed E-state index contributed by atoms with van der Waals surface area (Å²) in [7, 11) is 0. The van der Waals surface area contributed by atoms with Gasteiger partial charge in [-0.3, -0.25) is 0 Å². The molecule has 1 saturated carbocycles. The highest BCUT2D eigenvalue weighted by Crippen LogP contribution is 2.23. The fourth-order valence-electron chi connectivity index (χ4n) is 1.71. The van der Waals surface area contributed by atoms with Gasteiger partial charge in [-0.1, -0.05) is 25.5 Å². The molecule has 0 aromatic heterocycles. The van der Waals surface area contributed by atoms with Crippen molar-refractivity contribution in [1.82, 2.24) is 4.90 Å². The van der Waals surface area contributed by atoms with Crippen LogP contribution in [0.15, 0.2) is 25.1 Å². The van der Waals surface area contributed by atoms with Crippen molar-refractivity contribution < 1.29 is 0 Å². The van der Waals surface area contributed by atoms with Crippen molar-refractivity contribution in [3.63, 3.8) is 0 Å². The summed E-state index contributed by atoms with van der Waals surface area (Å²) in [5, 5.41) is 0. The first-order valence-corrected chi connectivity index (χ1v) is 4.41. The van der Waals surface area contributed by atoms with Gasteiger partial charge in [0.1, 0.15) is 0 Å². The number of hydrogen-bond donors (Lipinski definition) is 0. The van der Waals surface area contributed by atoms with E-state index < -0.39 is 0 Å².